The van der Waals surface area contributed by atoms with Gasteiger partial charge in [-0.1, -0.05) is 23.7 Å². The quantitative estimate of drug-likeness (QED) is 0.647. The van der Waals surface area contributed by atoms with Gasteiger partial charge in [-0.05, 0) is 61.4 Å². The highest BCUT2D eigenvalue weighted by Crippen LogP contribution is 2.29. The summed E-state index contributed by atoms with van der Waals surface area (Å²) in [5.74, 6) is 1.44. The van der Waals surface area contributed by atoms with Gasteiger partial charge in [0.15, 0.2) is 5.82 Å². The fraction of sp³-hybridized carbons (Fsp3) is 0.261. The maximum Gasteiger partial charge on any atom is 0.229 e. The van der Waals surface area contributed by atoms with E-state index in [1.54, 1.807) is 19.2 Å². The number of hydrogen-bond donors (Lipinski definition) is 1. The van der Waals surface area contributed by atoms with Gasteiger partial charge < -0.3 is 15.0 Å². The fourth-order valence-electron chi connectivity index (χ4n) is 3.67. The normalized spacial score (nSPS) is 16.2. The van der Waals surface area contributed by atoms with Crippen LogP contribution in [0.2, 0.25) is 5.02 Å². The summed E-state index contributed by atoms with van der Waals surface area (Å²) in [5.41, 5.74) is 2.41. The summed E-state index contributed by atoms with van der Waals surface area (Å²) in [6, 6.07) is 18.8. The Labute approximate surface area is 180 Å². The largest absolute Gasteiger partial charge is 0.496 e. The second-order valence-electron chi connectivity index (χ2n) is 7.26. The second-order valence-corrected chi connectivity index (χ2v) is 7.69. The number of piperidine rings is 1. The molecular weight excluding hydrogens is 400 g/mol. The number of nitrogens with zero attached hydrogens (tertiary/aromatic N) is 3. The molecule has 1 unspecified atom stereocenters. The van der Waals surface area contributed by atoms with Crippen molar-refractivity contribution >= 4 is 29.0 Å². The van der Waals surface area contributed by atoms with Gasteiger partial charge in [0.25, 0.3) is 0 Å². The fourth-order valence-corrected chi connectivity index (χ4v) is 3.80. The van der Waals surface area contributed by atoms with Gasteiger partial charge in [0.05, 0.1) is 18.7 Å². The summed E-state index contributed by atoms with van der Waals surface area (Å²) in [6.07, 6.45) is 1.78. The topological polar surface area (TPSA) is 67.3 Å². The minimum Gasteiger partial charge on any atom is -0.496 e. The standard InChI is InChI=1S/C23H23ClN4O2/c1-30-21-7-3-2-6-19(21)20-12-13-22(27-26-20)28-14-4-5-16(15-28)23(29)25-18-10-8-17(24)9-11-18/h2-3,6-13,16H,4-5,14-15H2,1H3,(H,25,29). The molecule has 0 spiro atoms. The Bertz CT molecular complexity index is 1010. The Morgan fingerprint density at radius 3 is 2.63 bits per heavy atom. The molecule has 0 aliphatic carbocycles. The molecule has 1 saturated heterocycles. The van der Waals surface area contributed by atoms with Crippen molar-refractivity contribution in [3.8, 4) is 17.0 Å². The number of methoxy groups -OCH3 is 1. The van der Waals surface area contributed by atoms with Crippen molar-refractivity contribution in [3.05, 3.63) is 65.7 Å². The predicted molar refractivity (Wildman–Crippen MR) is 119 cm³/mol. The third-order valence-electron chi connectivity index (χ3n) is 5.26. The highest BCUT2D eigenvalue weighted by atomic mass is 35.5. The van der Waals surface area contributed by atoms with Crippen LogP contribution in [0.25, 0.3) is 11.3 Å². The van der Waals surface area contributed by atoms with Crippen LogP contribution in [-0.4, -0.2) is 36.3 Å². The summed E-state index contributed by atoms with van der Waals surface area (Å²) in [5, 5.41) is 12.4. The van der Waals surface area contributed by atoms with E-state index in [-0.39, 0.29) is 11.8 Å². The molecule has 1 aromatic heterocycles. The molecule has 1 amide bonds. The number of carbonyl (C=O) groups is 1. The van der Waals surface area contributed by atoms with E-state index < -0.39 is 0 Å². The summed E-state index contributed by atoms with van der Waals surface area (Å²) < 4.78 is 5.41. The number of ether oxygens (including phenoxy) is 1. The van der Waals surface area contributed by atoms with Gasteiger partial charge in [0.2, 0.25) is 5.91 Å². The third-order valence-corrected chi connectivity index (χ3v) is 5.51. The van der Waals surface area contributed by atoms with Crippen molar-refractivity contribution in [2.45, 2.75) is 12.8 Å². The van der Waals surface area contributed by atoms with Crippen molar-refractivity contribution < 1.29 is 9.53 Å². The van der Waals surface area contributed by atoms with Crippen molar-refractivity contribution in [2.75, 3.05) is 30.4 Å². The van der Waals surface area contributed by atoms with Crippen LogP contribution in [0, 0.1) is 5.92 Å². The molecule has 1 aliphatic rings. The molecule has 1 atom stereocenters. The van der Waals surface area contributed by atoms with Crippen LogP contribution in [0.15, 0.2) is 60.7 Å². The minimum absolute atomic E-state index is 0.0145. The Morgan fingerprint density at radius 1 is 1.10 bits per heavy atom. The Hall–Kier alpha value is -3.12. The molecule has 6 nitrogen and oxygen atoms in total. The summed E-state index contributed by atoms with van der Waals surface area (Å²) in [7, 11) is 1.64. The first-order valence-electron chi connectivity index (χ1n) is 9.92. The third kappa shape index (κ3) is 4.54. The van der Waals surface area contributed by atoms with Crippen LogP contribution in [0.3, 0.4) is 0 Å². The first kappa shape index (κ1) is 20.2. The summed E-state index contributed by atoms with van der Waals surface area (Å²) in [4.78, 5) is 14.8. The van der Waals surface area contributed by atoms with E-state index in [1.165, 1.54) is 0 Å². The number of halogens is 1. The molecule has 154 valence electrons. The zero-order valence-corrected chi connectivity index (χ0v) is 17.5. The molecule has 1 aliphatic heterocycles. The SMILES string of the molecule is COc1ccccc1-c1ccc(N2CCCC(C(=O)Nc3ccc(Cl)cc3)C2)nn1. The van der Waals surface area contributed by atoms with E-state index in [0.717, 1.165) is 47.9 Å². The van der Waals surface area contributed by atoms with Gasteiger partial charge in [-0.25, -0.2) is 0 Å². The highest BCUT2D eigenvalue weighted by molar-refractivity contribution is 6.30. The molecule has 2 aromatic carbocycles. The molecule has 7 heteroatoms. The smallest absolute Gasteiger partial charge is 0.229 e. The molecule has 1 N–H and O–H groups in total. The summed E-state index contributed by atoms with van der Waals surface area (Å²) in [6.45, 7) is 1.47. The number of amides is 1. The van der Waals surface area contributed by atoms with Crippen molar-refractivity contribution in [1.29, 1.82) is 0 Å². The van der Waals surface area contributed by atoms with Gasteiger partial charge in [0, 0.05) is 29.4 Å². The first-order chi connectivity index (χ1) is 14.6. The van der Waals surface area contributed by atoms with Gasteiger partial charge in [0.1, 0.15) is 5.75 Å². The lowest BCUT2D eigenvalue weighted by Gasteiger charge is -2.32. The number of carbonyl (C=O) groups excluding carboxylic acids is 1. The lowest BCUT2D eigenvalue weighted by atomic mass is 9.97. The number of aromatic nitrogens is 2. The van der Waals surface area contributed by atoms with Gasteiger partial charge in [-0.15, -0.1) is 10.2 Å². The first-order valence-corrected chi connectivity index (χ1v) is 10.3. The lowest BCUT2D eigenvalue weighted by Crippen LogP contribution is -2.41. The van der Waals surface area contributed by atoms with Crippen LogP contribution in [0.5, 0.6) is 5.75 Å². The number of hydrogen-bond acceptors (Lipinski definition) is 5. The van der Waals surface area contributed by atoms with E-state index in [4.69, 9.17) is 16.3 Å². The van der Waals surface area contributed by atoms with Crippen LogP contribution in [0.4, 0.5) is 11.5 Å². The number of benzene rings is 2. The molecule has 3 aromatic rings. The minimum atomic E-state index is -0.106. The van der Waals surface area contributed by atoms with E-state index in [0.29, 0.717) is 11.6 Å². The average molecular weight is 423 g/mol. The van der Waals surface area contributed by atoms with Gasteiger partial charge >= 0.3 is 0 Å². The molecular formula is C23H23ClN4O2. The van der Waals surface area contributed by atoms with E-state index in [2.05, 4.69) is 20.4 Å². The van der Waals surface area contributed by atoms with Crippen LogP contribution >= 0.6 is 11.6 Å². The van der Waals surface area contributed by atoms with Crippen LogP contribution in [0.1, 0.15) is 12.8 Å². The monoisotopic (exact) mass is 422 g/mol. The Kier molecular flexibility index (Phi) is 6.14. The molecule has 1 fully saturated rings. The predicted octanol–water partition coefficient (Wildman–Crippen LogP) is 4.66. The number of para-hydroxylation sites is 1. The van der Waals surface area contributed by atoms with Crippen molar-refractivity contribution in [3.63, 3.8) is 0 Å². The molecule has 2 heterocycles. The Balaban J connectivity index is 1.44. The Morgan fingerprint density at radius 2 is 1.90 bits per heavy atom. The van der Waals surface area contributed by atoms with E-state index in [9.17, 15) is 4.79 Å². The number of rotatable bonds is 5. The van der Waals surface area contributed by atoms with E-state index in [1.807, 2.05) is 48.5 Å². The molecule has 0 saturated carbocycles. The zero-order chi connectivity index (χ0) is 20.9. The van der Waals surface area contributed by atoms with Gasteiger partial charge in [-0.3, -0.25) is 4.79 Å². The van der Waals surface area contributed by atoms with Crippen LogP contribution < -0.4 is 15.0 Å². The maximum absolute atomic E-state index is 12.7. The van der Waals surface area contributed by atoms with Gasteiger partial charge in [-0.2, -0.15) is 0 Å². The average Bonchev–Trinajstić information content (AvgIpc) is 2.80. The number of anilines is 2. The van der Waals surface area contributed by atoms with Crippen LogP contribution in [-0.2, 0) is 4.79 Å². The molecule has 30 heavy (non-hydrogen) atoms. The molecule has 0 radical (unpaired) electrons. The highest BCUT2D eigenvalue weighted by Gasteiger charge is 2.27. The number of nitrogens with one attached hydrogen (secondary N) is 1. The van der Waals surface area contributed by atoms with E-state index >= 15 is 0 Å². The lowest BCUT2D eigenvalue weighted by molar-refractivity contribution is -0.120. The molecule has 4 rings (SSSR count). The van der Waals surface area contributed by atoms with Crippen molar-refractivity contribution in [1.82, 2.24) is 10.2 Å². The molecule has 0 bridgehead atoms. The summed E-state index contributed by atoms with van der Waals surface area (Å²) >= 11 is 5.91. The van der Waals surface area contributed by atoms with Crippen molar-refractivity contribution in [2.24, 2.45) is 5.92 Å². The second kappa shape index (κ2) is 9.13. The zero-order valence-electron chi connectivity index (χ0n) is 16.7. The maximum atomic E-state index is 12.7.